The maximum Gasteiger partial charge on any atom is 0.257 e. The highest BCUT2D eigenvalue weighted by atomic mass is 16.5. The van der Waals surface area contributed by atoms with E-state index in [0.717, 1.165) is 35.7 Å². The highest BCUT2D eigenvalue weighted by molar-refractivity contribution is 5.77. The summed E-state index contributed by atoms with van der Waals surface area (Å²) in [6.45, 7) is 1.06. The second-order valence-corrected chi connectivity index (χ2v) is 5.91. The van der Waals surface area contributed by atoms with Crippen LogP contribution in [-0.2, 0) is 4.79 Å². The summed E-state index contributed by atoms with van der Waals surface area (Å²) >= 11 is 0. The van der Waals surface area contributed by atoms with Gasteiger partial charge in [0.05, 0.1) is 0 Å². The fourth-order valence-electron chi connectivity index (χ4n) is 3.30. The smallest absolute Gasteiger partial charge is 0.257 e. The molecule has 112 valence electrons. The van der Waals surface area contributed by atoms with Crippen molar-refractivity contribution in [3.63, 3.8) is 0 Å². The topological polar surface area (TPSA) is 50.4 Å². The van der Waals surface area contributed by atoms with E-state index in [2.05, 4.69) is 22.8 Å². The zero-order valence-corrected chi connectivity index (χ0v) is 12.3. The summed E-state index contributed by atoms with van der Waals surface area (Å²) in [5.74, 6) is 2.91. The first kappa shape index (κ1) is 14.0. The van der Waals surface area contributed by atoms with E-state index in [9.17, 15) is 4.79 Å². The zero-order valence-electron chi connectivity index (χ0n) is 12.3. The molecule has 3 rings (SSSR count). The third kappa shape index (κ3) is 3.38. The van der Waals surface area contributed by atoms with Gasteiger partial charge in [0, 0.05) is 25.3 Å². The number of benzene rings is 1. The van der Waals surface area contributed by atoms with Crippen molar-refractivity contribution in [1.29, 1.82) is 0 Å². The van der Waals surface area contributed by atoms with Gasteiger partial charge in [-0.15, -0.1) is 0 Å². The predicted octanol–water partition coefficient (Wildman–Crippen LogP) is 2.44. The Morgan fingerprint density at radius 3 is 2.95 bits per heavy atom. The molecule has 0 radical (unpaired) electrons. The Kier molecular flexibility index (Phi) is 4.13. The van der Waals surface area contributed by atoms with E-state index in [1.54, 1.807) is 7.05 Å². The van der Waals surface area contributed by atoms with Gasteiger partial charge in [-0.1, -0.05) is 18.2 Å². The normalized spacial score (nSPS) is 25.9. The van der Waals surface area contributed by atoms with E-state index in [0.29, 0.717) is 0 Å². The summed E-state index contributed by atoms with van der Waals surface area (Å²) in [4.78, 5) is 11.2. The first-order valence-corrected chi connectivity index (χ1v) is 7.60. The average Bonchev–Trinajstić information content (AvgIpc) is 3.13. The van der Waals surface area contributed by atoms with Crippen LogP contribution in [0.15, 0.2) is 36.4 Å². The summed E-state index contributed by atoms with van der Waals surface area (Å²) in [5, 5.41) is 6.04. The Hall–Kier alpha value is -1.97. The minimum atomic E-state index is -0.123. The van der Waals surface area contributed by atoms with Crippen LogP contribution in [0.4, 0.5) is 5.69 Å². The van der Waals surface area contributed by atoms with Gasteiger partial charge in [-0.05, 0) is 42.7 Å². The lowest BCUT2D eigenvalue weighted by molar-refractivity contribution is -0.122. The molecule has 0 heterocycles. The first-order chi connectivity index (χ1) is 10.2. The lowest BCUT2D eigenvalue weighted by Gasteiger charge is -2.19. The lowest BCUT2D eigenvalue weighted by atomic mass is 9.93. The number of fused-ring (bicyclic) bond motifs is 2. The minimum Gasteiger partial charge on any atom is -0.484 e. The van der Waals surface area contributed by atoms with Gasteiger partial charge in [-0.25, -0.2) is 0 Å². The van der Waals surface area contributed by atoms with Crippen LogP contribution in [-0.4, -0.2) is 26.1 Å². The highest BCUT2D eigenvalue weighted by Gasteiger charge is 2.35. The number of likely N-dealkylation sites (N-methyl/N-ethyl adjacent to an activating group) is 1. The molecule has 2 N–H and O–H groups in total. The van der Waals surface area contributed by atoms with Gasteiger partial charge in [0.1, 0.15) is 5.75 Å². The Morgan fingerprint density at radius 2 is 2.24 bits per heavy atom. The number of amides is 1. The lowest BCUT2D eigenvalue weighted by Crippen LogP contribution is -2.24. The van der Waals surface area contributed by atoms with Crippen LogP contribution in [0.2, 0.25) is 0 Å². The van der Waals surface area contributed by atoms with Crippen molar-refractivity contribution >= 4 is 11.6 Å². The predicted molar refractivity (Wildman–Crippen MR) is 83.3 cm³/mol. The largest absolute Gasteiger partial charge is 0.484 e. The Labute approximate surface area is 125 Å². The summed E-state index contributed by atoms with van der Waals surface area (Å²) in [6.07, 6.45) is 7.39. The van der Waals surface area contributed by atoms with Gasteiger partial charge in [0.15, 0.2) is 6.61 Å². The van der Waals surface area contributed by atoms with Gasteiger partial charge >= 0.3 is 0 Å². The molecule has 0 saturated heterocycles. The number of rotatable bonds is 6. The second kappa shape index (κ2) is 6.20. The molecule has 0 spiro atoms. The van der Waals surface area contributed by atoms with Gasteiger partial charge < -0.3 is 15.4 Å². The van der Waals surface area contributed by atoms with E-state index in [1.165, 1.54) is 12.8 Å². The minimum absolute atomic E-state index is 0.0527. The molecule has 2 aliphatic rings. The van der Waals surface area contributed by atoms with Crippen LogP contribution in [0.3, 0.4) is 0 Å². The monoisotopic (exact) mass is 286 g/mol. The van der Waals surface area contributed by atoms with E-state index >= 15 is 0 Å². The maximum absolute atomic E-state index is 11.2. The van der Waals surface area contributed by atoms with Crippen molar-refractivity contribution in [2.45, 2.75) is 12.8 Å². The Balaban J connectivity index is 1.51. The average molecular weight is 286 g/mol. The van der Waals surface area contributed by atoms with Gasteiger partial charge in [-0.3, -0.25) is 4.79 Å². The highest BCUT2D eigenvalue weighted by Crippen LogP contribution is 2.43. The van der Waals surface area contributed by atoms with Crippen LogP contribution in [0.1, 0.15) is 12.8 Å². The summed E-state index contributed by atoms with van der Waals surface area (Å²) in [5.41, 5.74) is 1.05. The molecule has 4 heteroatoms. The SMILES string of the molecule is CNC(=O)COc1cccc(NCC2CC3C=CC2C3)c1. The molecule has 1 fully saturated rings. The van der Waals surface area contributed by atoms with Crippen LogP contribution in [0.25, 0.3) is 0 Å². The summed E-state index contributed by atoms with van der Waals surface area (Å²) < 4.78 is 5.46. The molecule has 1 saturated carbocycles. The number of anilines is 1. The number of nitrogens with one attached hydrogen (secondary N) is 2. The van der Waals surface area contributed by atoms with E-state index < -0.39 is 0 Å². The molecular weight excluding hydrogens is 264 g/mol. The van der Waals surface area contributed by atoms with Gasteiger partial charge in [-0.2, -0.15) is 0 Å². The number of hydrogen-bond acceptors (Lipinski definition) is 3. The molecule has 1 aromatic carbocycles. The van der Waals surface area contributed by atoms with Gasteiger partial charge in [0.25, 0.3) is 5.91 Å². The van der Waals surface area contributed by atoms with E-state index in [4.69, 9.17) is 4.74 Å². The van der Waals surface area contributed by atoms with Crippen molar-refractivity contribution < 1.29 is 9.53 Å². The Bertz CT molecular complexity index is 541. The van der Waals surface area contributed by atoms with E-state index in [1.807, 2.05) is 24.3 Å². The van der Waals surface area contributed by atoms with Crippen LogP contribution >= 0.6 is 0 Å². The van der Waals surface area contributed by atoms with E-state index in [-0.39, 0.29) is 12.5 Å². The first-order valence-electron chi connectivity index (χ1n) is 7.60. The molecule has 21 heavy (non-hydrogen) atoms. The second-order valence-electron chi connectivity index (χ2n) is 5.91. The third-order valence-electron chi connectivity index (χ3n) is 4.47. The molecule has 3 atom stereocenters. The number of carbonyl (C=O) groups excluding carboxylic acids is 1. The fraction of sp³-hybridized carbons (Fsp3) is 0.471. The fourth-order valence-corrected chi connectivity index (χ4v) is 3.30. The molecule has 2 aliphatic carbocycles. The molecular formula is C17H22N2O2. The van der Waals surface area contributed by atoms with Crippen molar-refractivity contribution in [2.24, 2.45) is 17.8 Å². The maximum atomic E-state index is 11.2. The molecule has 0 aliphatic heterocycles. The molecule has 0 aromatic heterocycles. The molecule has 1 aromatic rings. The zero-order chi connectivity index (χ0) is 14.7. The number of carbonyl (C=O) groups is 1. The number of ether oxygens (including phenoxy) is 1. The van der Waals surface area contributed by atoms with Crippen LogP contribution < -0.4 is 15.4 Å². The van der Waals surface area contributed by atoms with Crippen molar-refractivity contribution in [1.82, 2.24) is 5.32 Å². The van der Waals surface area contributed by atoms with Crippen LogP contribution in [0.5, 0.6) is 5.75 Å². The third-order valence-corrected chi connectivity index (χ3v) is 4.47. The molecule has 2 bridgehead atoms. The number of hydrogen-bond donors (Lipinski definition) is 2. The standard InChI is InChI=1S/C17H22N2O2/c1-18-17(20)11-21-16-4-2-3-15(9-16)19-10-14-8-12-5-6-13(14)7-12/h2-6,9,12-14,19H,7-8,10-11H2,1H3,(H,18,20). The molecule has 3 unspecified atom stereocenters. The summed E-state index contributed by atoms with van der Waals surface area (Å²) in [6, 6.07) is 7.80. The summed E-state index contributed by atoms with van der Waals surface area (Å²) in [7, 11) is 1.60. The number of allylic oxidation sites excluding steroid dienone is 2. The van der Waals surface area contributed by atoms with Gasteiger partial charge in [0.2, 0.25) is 0 Å². The van der Waals surface area contributed by atoms with Crippen molar-refractivity contribution in [3.05, 3.63) is 36.4 Å². The van der Waals surface area contributed by atoms with Crippen molar-refractivity contribution in [2.75, 3.05) is 25.5 Å². The van der Waals surface area contributed by atoms with Crippen LogP contribution in [0, 0.1) is 17.8 Å². The molecule has 1 amide bonds. The quantitative estimate of drug-likeness (QED) is 0.790. The van der Waals surface area contributed by atoms with Crippen molar-refractivity contribution in [3.8, 4) is 5.75 Å². The Morgan fingerprint density at radius 1 is 1.33 bits per heavy atom. The molecule has 4 nitrogen and oxygen atoms in total.